The monoisotopic (exact) mass is 322 g/mol. The van der Waals surface area contributed by atoms with Gasteiger partial charge in [-0.15, -0.1) is 0 Å². The lowest BCUT2D eigenvalue weighted by molar-refractivity contribution is -0.118. The van der Waals surface area contributed by atoms with Crippen LogP contribution in [0.3, 0.4) is 0 Å². The van der Waals surface area contributed by atoms with Crippen LogP contribution in [0.1, 0.15) is 5.56 Å². The van der Waals surface area contributed by atoms with Crippen molar-refractivity contribution in [2.75, 3.05) is 26.2 Å². The van der Waals surface area contributed by atoms with E-state index in [1.54, 1.807) is 0 Å². The Balaban J connectivity index is 1.69. The Morgan fingerprint density at radius 1 is 1.47 bits per heavy atom. The molecule has 0 saturated carbocycles. The number of halogens is 1. The summed E-state index contributed by atoms with van der Waals surface area (Å²) in [5.74, 6) is 1.36. The zero-order valence-corrected chi connectivity index (χ0v) is 12.0. The predicted octanol–water partition coefficient (Wildman–Crippen LogP) is 1.56. The van der Waals surface area contributed by atoms with Gasteiger partial charge in [0.2, 0.25) is 0 Å². The number of carbonyl (C=O) groups excluding carboxylic acids is 1. The maximum absolute atomic E-state index is 12.0. The highest BCUT2D eigenvalue weighted by atomic mass is 79.9. The van der Waals surface area contributed by atoms with Crippen LogP contribution in [-0.4, -0.2) is 32.1 Å². The van der Waals surface area contributed by atoms with Crippen LogP contribution in [0.15, 0.2) is 28.2 Å². The summed E-state index contributed by atoms with van der Waals surface area (Å²) in [6, 6.07) is 5.80. The minimum atomic E-state index is -0.0301. The maximum atomic E-state index is 12.0. The third-order valence-electron chi connectivity index (χ3n) is 3.39. The first-order valence-corrected chi connectivity index (χ1v) is 7.13. The fraction of sp³-hybridized carbons (Fsp3) is 0.357. The molecule has 0 unspecified atom stereocenters. The average molecular weight is 323 g/mol. The van der Waals surface area contributed by atoms with Crippen LogP contribution in [0, 0.1) is 5.92 Å². The fourth-order valence-corrected chi connectivity index (χ4v) is 2.50. The van der Waals surface area contributed by atoms with Crippen molar-refractivity contribution in [3.8, 4) is 5.75 Å². The Kier molecular flexibility index (Phi) is 3.57. The molecular formula is C14H15BrN2O2. The van der Waals surface area contributed by atoms with Gasteiger partial charge in [-0.3, -0.25) is 4.79 Å². The number of ether oxygens (including phenoxy) is 1. The first-order valence-electron chi connectivity index (χ1n) is 6.34. The summed E-state index contributed by atoms with van der Waals surface area (Å²) in [4.78, 5) is 12.0. The molecule has 4 nitrogen and oxygen atoms in total. The minimum absolute atomic E-state index is 0.0301. The van der Waals surface area contributed by atoms with Crippen LogP contribution in [0.2, 0.25) is 0 Å². The molecule has 2 aliphatic heterocycles. The van der Waals surface area contributed by atoms with Gasteiger partial charge < -0.3 is 15.4 Å². The van der Waals surface area contributed by atoms with E-state index in [9.17, 15) is 4.79 Å². The van der Waals surface area contributed by atoms with Crippen LogP contribution in [0.25, 0.3) is 6.08 Å². The molecule has 5 heteroatoms. The molecule has 3 rings (SSSR count). The topological polar surface area (TPSA) is 50.4 Å². The third kappa shape index (κ3) is 2.82. The van der Waals surface area contributed by atoms with Gasteiger partial charge in [0.25, 0.3) is 5.91 Å². The van der Waals surface area contributed by atoms with E-state index in [4.69, 9.17) is 4.74 Å². The predicted molar refractivity (Wildman–Crippen MR) is 77.0 cm³/mol. The largest absolute Gasteiger partial charge is 0.488 e. The van der Waals surface area contributed by atoms with Crippen molar-refractivity contribution in [2.45, 2.75) is 0 Å². The summed E-state index contributed by atoms with van der Waals surface area (Å²) in [6.45, 7) is 3.05. The number of hydrogen-bond acceptors (Lipinski definition) is 3. The first kappa shape index (κ1) is 12.7. The van der Waals surface area contributed by atoms with Gasteiger partial charge in [-0.25, -0.2) is 0 Å². The molecule has 1 fully saturated rings. The van der Waals surface area contributed by atoms with Gasteiger partial charge in [-0.05, 0) is 24.3 Å². The van der Waals surface area contributed by atoms with Crippen LogP contribution in [0.4, 0.5) is 0 Å². The molecule has 0 spiro atoms. The molecule has 2 N–H and O–H groups in total. The lowest BCUT2D eigenvalue weighted by atomic mass is 10.0. The molecule has 0 aliphatic carbocycles. The van der Waals surface area contributed by atoms with Gasteiger partial charge >= 0.3 is 0 Å². The van der Waals surface area contributed by atoms with Crippen molar-refractivity contribution in [3.63, 3.8) is 0 Å². The van der Waals surface area contributed by atoms with Crippen molar-refractivity contribution in [1.82, 2.24) is 10.6 Å². The highest BCUT2D eigenvalue weighted by molar-refractivity contribution is 9.10. The summed E-state index contributed by atoms with van der Waals surface area (Å²) >= 11 is 3.42. The van der Waals surface area contributed by atoms with E-state index in [2.05, 4.69) is 26.6 Å². The number of carbonyl (C=O) groups is 1. The van der Waals surface area contributed by atoms with Gasteiger partial charge in [0.15, 0.2) is 0 Å². The Morgan fingerprint density at radius 3 is 3.05 bits per heavy atom. The van der Waals surface area contributed by atoms with Crippen molar-refractivity contribution in [3.05, 3.63) is 33.8 Å². The van der Waals surface area contributed by atoms with E-state index in [1.165, 1.54) is 0 Å². The van der Waals surface area contributed by atoms with E-state index in [0.717, 1.165) is 35.4 Å². The van der Waals surface area contributed by atoms with Crippen LogP contribution < -0.4 is 15.4 Å². The summed E-state index contributed by atoms with van der Waals surface area (Å²) in [5.41, 5.74) is 1.62. The normalized spacial score (nSPS) is 17.8. The maximum Gasteiger partial charge on any atom is 0.250 e. The molecule has 1 aromatic rings. The smallest absolute Gasteiger partial charge is 0.250 e. The van der Waals surface area contributed by atoms with Gasteiger partial charge in [0.1, 0.15) is 12.4 Å². The Hall–Kier alpha value is -1.33. The summed E-state index contributed by atoms with van der Waals surface area (Å²) in [7, 11) is 0. The van der Waals surface area contributed by atoms with Gasteiger partial charge in [-0.2, -0.15) is 0 Å². The summed E-state index contributed by atoms with van der Waals surface area (Å²) in [6.07, 6.45) is 1.90. The second-order valence-electron chi connectivity index (χ2n) is 4.87. The standard InChI is InChI=1S/C14H15BrN2O2/c15-12-1-2-13-10(4-12)3-11(8-19-13)14(18)17-7-9-5-16-6-9/h1-4,9,16H,5-8H2,(H,17,18). The van der Waals surface area contributed by atoms with E-state index in [-0.39, 0.29) is 5.91 Å². The Bertz CT molecular complexity index is 538. The fourth-order valence-electron chi connectivity index (χ4n) is 2.12. The molecule has 0 radical (unpaired) electrons. The molecule has 100 valence electrons. The van der Waals surface area contributed by atoms with Gasteiger partial charge in [-0.1, -0.05) is 15.9 Å². The second kappa shape index (κ2) is 5.35. The van der Waals surface area contributed by atoms with Crippen LogP contribution in [-0.2, 0) is 4.79 Å². The lowest BCUT2D eigenvalue weighted by Crippen LogP contribution is -2.48. The summed E-state index contributed by atoms with van der Waals surface area (Å²) in [5, 5.41) is 6.15. The molecule has 0 aromatic heterocycles. The molecule has 2 aliphatic rings. The number of fused-ring (bicyclic) bond motifs is 1. The first-order chi connectivity index (χ1) is 9.22. The quantitative estimate of drug-likeness (QED) is 0.888. The van der Waals surface area contributed by atoms with Crippen molar-refractivity contribution in [1.29, 1.82) is 0 Å². The Labute approximate surface area is 120 Å². The van der Waals surface area contributed by atoms with Crippen LogP contribution in [0.5, 0.6) is 5.75 Å². The second-order valence-corrected chi connectivity index (χ2v) is 5.79. The molecule has 1 amide bonds. The van der Waals surface area contributed by atoms with E-state index in [1.807, 2.05) is 24.3 Å². The molecule has 0 atom stereocenters. The minimum Gasteiger partial charge on any atom is -0.488 e. The number of hydrogen-bond donors (Lipinski definition) is 2. The molecule has 1 aromatic carbocycles. The number of amides is 1. The van der Waals surface area contributed by atoms with Gasteiger partial charge in [0.05, 0.1) is 5.57 Å². The van der Waals surface area contributed by atoms with Gasteiger partial charge in [0, 0.05) is 35.6 Å². The Morgan fingerprint density at radius 2 is 2.32 bits per heavy atom. The molecular weight excluding hydrogens is 308 g/mol. The molecule has 0 bridgehead atoms. The van der Waals surface area contributed by atoms with E-state index >= 15 is 0 Å². The highest BCUT2D eigenvalue weighted by Gasteiger charge is 2.20. The zero-order chi connectivity index (χ0) is 13.2. The molecule has 1 saturated heterocycles. The SMILES string of the molecule is O=C(NCC1CNC1)C1=Cc2cc(Br)ccc2OC1. The number of benzene rings is 1. The third-order valence-corrected chi connectivity index (χ3v) is 3.89. The lowest BCUT2D eigenvalue weighted by Gasteiger charge is -2.27. The van der Waals surface area contributed by atoms with Crippen molar-refractivity contribution in [2.24, 2.45) is 5.92 Å². The van der Waals surface area contributed by atoms with Crippen molar-refractivity contribution >= 4 is 27.9 Å². The van der Waals surface area contributed by atoms with E-state index < -0.39 is 0 Å². The molecule has 19 heavy (non-hydrogen) atoms. The van der Waals surface area contributed by atoms with Crippen molar-refractivity contribution < 1.29 is 9.53 Å². The zero-order valence-electron chi connectivity index (χ0n) is 10.4. The number of nitrogens with one attached hydrogen (secondary N) is 2. The van der Waals surface area contributed by atoms with Crippen LogP contribution >= 0.6 is 15.9 Å². The van der Waals surface area contributed by atoms with E-state index in [0.29, 0.717) is 18.1 Å². The summed E-state index contributed by atoms with van der Waals surface area (Å²) < 4.78 is 6.58. The molecule has 2 heterocycles. The average Bonchev–Trinajstić information content (AvgIpc) is 2.35. The number of rotatable bonds is 3. The highest BCUT2D eigenvalue weighted by Crippen LogP contribution is 2.29.